The SMILES string of the molecule is c1ccc(-c2ccc(N(c3ccc(-c4ccccc4-c4ccccc4-c4ccccc4-c4ccccc4)cc3)c3cccc4c3oc3ccccc34)cc2)cc1. The molecule has 0 fully saturated rings. The number of hydrogen-bond acceptors (Lipinski definition) is 2. The van der Waals surface area contributed by atoms with Gasteiger partial charge in [0.2, 0.25) is 0 Å². The topological polar surface area (TPSA) is 16.4 Å². The Morgan fingerprint density at radius 2 is 0.661 bits per heavy atom. The molecule has 0 saturated carbocycles. The highest BCUT2D eigenvalue weighted by Gasteiger charge is 2.20. The van der Waals surface area contributed by atoms with E-state index >= 15 is 0 Å². The molecule has 0 atom stereocenters. The Kier molecular flexibility index (Phi) is 8.55. The molecule has 0 aliphatic heterocycles. The Morgan fingerprint density at radius 1 is 0.268 bits per heavy atom. The molecule has 0 aliphatic rings. The molecule has 10 rings (SSSR count). The van der Waals surface area contributed by atoms with Crippen LogP contribution < -0.4 is 4.90 Å². The summed E-state index contributed by atoms with van der Waals surface area (Å²) in [7, 11) is 0. The van der Waals surface area contributed by atoms with E-state index in [9.17, 15) is 0 Å². The first-order valence-electron chi connectivity index (χ1n) is 19.1. The lowest BCUT2D eigenvalue weighted by atomic mass is 9.87. The predicted octanol–water partition coefficient (Wildman–Crippen LogP) is 15.4. The smallest absolute Gasteiger partial charge is 0.159 e. The molecule has 56 heavy (non-hydrogen) atoms. The molecule has 0 aliphatic carbocycles. The van der Waals surface area contributed by atoms with Crippen molar-refractivity contribution in [2.75, 3.05) is 4.90 Å². The summed E-state index contributed by atoms with van der Waals surface area (Å²) in [5.74, 6) is 0. The molecule has 0 amide bonds. The molecule has 2 nitrogen and oxygen atoms in total. The van der Waals surface area contributed by atoms with Gasteiger partial charge in [-0.2, -0.15) is 0 Å². The zero-order chi connectivity index (χ0) is 37.3. The number of furan rings is 1. The van der Waals surface area contributed by atoms with Crippen molar-refractivity contribution in [3.63, 3.8) is 0 Å². The van der Waals surface area contributed by atoms with Gasteiger partial charge < -0.3 is 9.32 Å². The minimum absolute atomic E-state index is 0.864. The second-order valence-corrected chi connectivity index (χ2v) is 14.1. The molecule has 0 N–H and O–H groups in total. The van der Waals surface area contributed by atoms with E-state index in [1.54, 1.807) is 0 Å². The standard InChI is InChI=1S/C54H37NO/c1-3-16-38(17-4-1)39-30-34-42(35-31-39)55(52-28-15-27-51-50-26-13-14-29-53(50)56-54(51)52)43-36-32-41(33-37-43)45-21-8-10-23-47(45)49-25-12-11-24-48(49)46-22-9-7-20-44(46)40-18-5-2-6-19-40/h1-37H. The third-order valence-corrected chi connectivity index (χ3v) is 10.7. The van der Waals surface area contributed by atoms with Crippen molar-refractivity contribution in [2.24, 2.45) is 0 Å². The largest absolute Gasteiger partial charge is 0.454 e. The molecule has 1 aromatic heterocycles. The first-order valence-corrected chi connectivity index (χ1v) is 19.1. The van der Waals surface area contributed by atoms with Crippen LogP contribution in [0.25, 0.3) is 77.6 Å². The van der Waals surface area contributed by atoms with Gasteiger partial charge in [-0.05, 0) is 92.0 Å². The summed E-state index contributed by atoms with van der Waals surface area (Å²) in [6.45, 7) is 0. The van der Waals surface area contributed by atoms with Gasteiger partial charge in [0.25, 0.3) is 0 Å². The minimum atomic E-state index is 0.864. The van der Waals surface area contributed by atoms with Crippen molar-refractivity contribution >= 4 is 39.0 Å². The Hall–Kier alpha value is -7.42. The monoisotopic (exact) mass is 715 g/mol. The van der Waals surface area contributed by atoms with E-state index in [2.05, 4.69) is 217 Å². The van der Waals surface area contributed by atoms with E-state index in [-0.39, 0.29) is 0 Å². The summed E-state index contributed by atoms with van der Waals surface area (Å²) < 4.78 is 6.60. The van der Waals surface area contributed by atoms with Crippen LogP contribution in [0.5, 0.6) is 0 Å². The van der Waals surface area contributed by atoms with Crippen molar-refractivity contribution in [1.82, 2.24) is 0 Å². The van der Waals surface area contributed by atoms with E-state index in [4.69, 9.17) is 4.42 Å². The number of nitrogens with zero attached hydrogens (tertiary/aromatic N) is 1. The van der Waals surface area contributed by atoms with Crippen molar-refractivity contribution in [3.05, 3.63) is 224 Å². The molecule has 0 spiro atoms. The molecular formula is C54H37NO. The van der Waals surface area contributed by atoms with Gasteiger partial charge in [-0.25, -0.2) is 0 Å². The van der Waals surface area contributed by atoms with Crippen LogP contribution in [0.15, 0.2) is 229 Å². The molecule has 0 unspecified atom stereocenters. The maximum Gasteiger partial charge on any atom is 0.159 e. The van der Waals surface area contributed by atoms with Crippen molar-refractivity contribution in [2.45, 2.75) is 0 Å². The van der Waals surface area contributed by atoms with Crippen molar-refractivity contribution in [1.29, 1.82) is 0 Å². The number of para-hydroxylation sites is 2. The Morgan fingerprint density at radius 3 is 1.23 bits per heavy atom. The molecule has 264 valence electrons. The van der Waals surface area contributed by atoms with Gasteiger partial charge in [-0.1, -0.05) is 188 Å². The average Bonchev–Trinajstić information content (AvgIpc) is 3.67. The number of fused-ring (bicyclic) bond motifs is 3. The van der Waals surface area contributed by atoms with E-state index < -0.39 is 0 Å². The fourth-order valence-corrected chi connectivity index (χ4v) is 8.07. The highest BCUT2D eigenvalue weighted by atomic mass is 16.3. The second-order valence-electron chi connectivity index (χ2n) is 14.1. The average molecular weight is 716 g/mol. The lowest BCUT2D eigenvalue weighted by molar-refractivity contribution is 0.669. The van der Waals surface area contributed by atoms with E-state index in [1.165, 1.54) is 50.1 Å². The van der Waals surface area contributed by atoms with E-state index in [1.807, 2.05) is 12.1 Å². The number of benzene rings is 9. The fraction of sp³-hybridized carbons (Fsp3) is 0. The summed E-state index contributed by atoms with van der Waals surface area (Å²) in [5, 5.41) is 2.21. The first kappa shape index (κ1) is 33.2. The highest BCUT2D eigenvalue weighted by molar-refractivity contribution is 6.10. The quantitative estimate of drug-likeness (QED) is 0.156. The molecule has 9 aromatic carbocycles. The summed E-state index contributed by atoms with van der Waals surface area (Å²) in [6.07, 6.45) is 0. The molecule has 1 heterocycles. The van der Waals surface area contributed by atoms with Crippen LogP contribution in [-0.2, 0) is 0 Å². The number of anilines is 3. The molecule has 0 radical (unpaired) electrons. The molecule has 10 aromatic rings. The van der Waals surface area contributed by atoms with Gasteiger partial charge in [0.05, 0.1) is 5.69 Å². The van der Waals surface area contributed by atoms with Crippen LogP contribution in [-0.4, -0.2) is 0 Å². The fourth-order valence-electron chi connectivity index (χ4n) is 8.07. The Labute approximate surface area is 327 Å². The molecular weight excluding hydrogens is 679 g/mol. The predicted molar refractivity (Wildman–Crippen MR) is 236 cm³/mol. The molecule has 0 saturated heterocycles. The number of rotatable bonds is 8. The minimum Gasteiger partial charge on any atom is -0.454 e. The van der Waals surface area contributed by atoms with Crippen molar-refractivity contribution in [3.8, 4) is 55.6 Å². The van der Waals surface area contributed by atoms with Gasteiger partial charge in [0, 0.05) is 22.1 Å². The van der Waals surface area contributed by atoms with Crippen LogP contribution in [0.2, 0.25) is 0 Å². The lowest BCUT2D eigenvalue weighted by Gasteiger charge is -2.26. The van der Waals surface area contributed by atoms with Gasteiger partial charge in [-0.15, -0.1) is 0 Å². The maximum atomic E-state index is 6.60. The van der Waals surface area contributed by atoms with Gasteiger partial charge in [0.15, 0.2) is 5.58 Å². The Balaban J connectivity index is 1.08. The zero-order valence-electron chi connectivity index (χ0n) is 30.7. The van der Waals surface area contributed by atoms with Crippen LogP contribution in [0.3, 0.4) is 0 Å². The summed E-state index contributed by atoms with van der Waals surface area (Å²) in [6, 6.07) is 79.9. The molecule has 2 heteroatoms. The highest BCUT2D eigenvalue weighted by Crippen LogP contribution is 2.45. The van der Waals surface area contributed by atoms with Gasteiger partial charge in [-0.3, -0.25) is 0 Å². The van der Waals surface area contributed by atoms with Gasteiger partial charge >= 0.3 is 0 Å². The van der Waals surface area contributed by atoms with Crippen LogP contribution in [0.1, 0.15) is 0 Å². The van der Waals surface area contributed by atoms with Crippen molar-refractivity contribution < 1.29 is 4.42 Å². The summed E-state index contributed by atoms with van der Waals surface area (Å²) >= 11 is 0. The third-order valence-electron chi connectivity index (χ3n) is 10.7. The summed E-state index contributed by atoms with van der Waals surface area (Å²) in [5.41, 5.74) is 16.8. The maximum absolute atomic E-state index is 6.60. The lowest BCUT2D eigenvalue weighted by Crippen LogP contribution is -2.10. The number of hydrogen-bond donors (Lipinski definition) is 0. The van der Waals surface area contributed by atoms with Gasteiger partial charge in [0.1, 0.15) is 5.58 Å². The van der Waals surface area contributed by atoms with E-state index in [0.29, 0.717) is 0 Å². The van der Waals surface area contributed by atoms with E-state index in [0.717, 1.165) is 44.6 Å². The second kappa shape index (κ2) is 14.4. The van der Waals surface area contributed by atoms with Crippen LogP contribution in [0, 0.1) is 0 Å². The Bertz CT molecular complexity index is 2940. The zero-order valence-corrected chi connectivity index (χ0v) is 30.7. The normalized spacial score (nSPS) is 11.2. The first-order chi connectivity index (χ1) is 27.8. The van der Waals surface area contributed by atoms with Crippen LogP contribution >= 0.6 is 0 Å². The molecule has 0 bridgehead atoms. The third kappa shape index (κ3) is 6.04. The van der Waals surface area contributed by atoms with Crippen LogP contribution in [0.4, 0.5) is 17.1 Å². The summed E-state index contributed by atoms with van der Waals surface area (Å²) in [4.78, 5) is 2.31.